The molecule has 114 valence electrons. The van der Waals surface area contributed by atoms with Crippen molar-refractivity contribution in [2.45, 2.75) is 38.6 Å². The van der Waals surface area contributed by atoms with Crippen LogP contribution in [-0.2, 0) is 4.79 Å². The molecule has 7 heteroatoms. The molecule has 0 amide bonds. The van der Waals surface area contributed by atoms with Gasteiger partial charge < -0.3 is 10.0 Å². The minimum atomic E-state index is -0.847. The third-order valence-corrected chi connectivity index (χ3v) is 4.44. The summed E-state index contributed by atoms with van der Waals surface area (Å²) in [7, 11) is 0. The number of aryl methyl sites for hydroxylation is 1. The molecule has 1 saturated heterocycles. The zero-order valence-electron chi connectivity index (χ0n) is 11.7. The number of carboxylic acid groups (broad SMARTS) is 1. The van der Waals surface area contributed by atoms with E-state index >= 15 is 0 Å². The van der Waals surface area contributed by atoms with E-state index in [4.69, 9.17) is 0 Å². The average molecular weight is 357 g/mol. The number of halogens is 1. The highest BCUT2D eigenvalue weighted by molar-refractivity contribution is 9.10. The quantitative estimate of drug-likeness (QED) is 0.661. The highest BCUT2D eigenvalue weighted by atomic mass is 79.9. The number of nitro benzene ring substituents is 1. The van der Waals surface area contributed by atoms with E-state index in [9.17, 15) is 20.0 Å². The van der Waals surface area contributed by atoms with Crippen LogP contribution in [0.15, 0.2) is 16.6 Å². The third-order valence-electron chi connectivity index (χ3n) is 3.81. The Labute approximate surface area is 131 Å². The average Bonchev–Trinajstić information content (AvgIpc) is 2.66. The lowest BCUT2D eigenvalue weighted by Gasteiger charge is -2.30. The first-order valence-corrected chi connectivity index (χ1v) is 7.65. The summed E-state index contributed by atoms with van der Waals surface area (Å²) in [6.07, 6.45) is 3.41. The number of carbonyl (C=O) groups is 1. The van der Waals surface area contributed by atoms with Crippen LogP contribution in [-0.4, -0.2) is 28.6 Å². The molecule has 0 aliphatic carbocycles. The number of carboxylic acids is 1. The smallest absolute Gasteiger partial charge is 0.326 e. The minimum Gasteiger partial charge on any atom is -0.480 e. The molecule has 1 aromatic carbocycles. The first-order chi connectivity index (χ1) is 9.91. The van der Waals surface area contributed by atoms with E-state index in [1.807, 2.05) is 4.90 Å². The maximum atomic E-state index is 11.5. The summed E-state index contributed by atoms with van der Waals surface area (Å²) in [6.45, 7) is 2.31. The van der Waals surface area contributed by atoms with Gasteiger partial charge in [0.1, 0.15) is 6.04 Å². The number of hydrogen-bond acceptors (Lipinski definition) is 4. The first kappa shape index (κ1) is 15.8. The van der Waals surface area contributed by atoms with Gasteiger partial charge in [-0.05, 0) is 41.8 Å². The standard InChI is InChI=1S/C14H17BrN2O4/c1-9-7-13(10(15)8-12(9)17(20)21)16-6-4-2-3-5-11(16)14(18)19/h7-8,11H,2-6H2,1H3,(H,18,19). The Bertz CT molecular complexity index is 576. The van der Waals surface area contributed by atoms with Gasteiger partial charge in [-0.2, -0.15) is 0 Å². The largest absolute Gasteiger partial charge is 0.480 e. The first-order valence-electron chi connectivity index (χ1n) is 6.86. The van der Waals surface area contributed by atoms with Crippen molar-refractivity contribution < 1.29 is 14.8 Å². The van der Waals surface area contributed by atoms with E-state index in [0.717, 1.165) is 19.3 Å². The predicted octanol–water partition coefficient (Wildman–Crippen LogP) is 3.50. The van der Waals surface area contributed by atoms with Crippen LogP contribution < -0.4 is 4.90 Å². The van der Waals surface area contributed by atoms with Crippen molar-refractivity contribution in [2.24, 2.45) is 0 Å². The molecule has 0 spiro atoms. The van der Waals surface area contributed by atoms with E-state index < -0.39 is 16.9 Å². The van der Waals surface area contributed by atoms with Crippen LogP contribution in [0.3, 0.4) is 0 Å². The molecule has 21 heavy (non-hydrogen) atoms. The number of hydrogen-bond donors (Lipinski definition) is 1. The van der Waals surface area contributed by atoms with Gasteiger partial charge in [0.15, 0.2) is 0 Å². The third kappa shape index (κ3) is 3.34. The molecule has 6 nitrogen and oxygen atoms in total. The van der Waals surface area contributed by atoms with Gasteiger partial charge in [0.05, 0.1) is 10.6 Å². The zero-order valence-corrected chi connectivity index (χ0v) is 13.3. The molecular formula is C14H17BrN2O4. The number of nitrogens with zero attached hydrogens (tertiary/aromatic N) is 2. The maximum absolute atomic E-state index is 11.5. The summed E-state index contributed by atoms with van der Waals surface area (Å²) in [5, 5.41) is 20.4. The van der Waals surface area contributed by atoms with Crippen LogP contribution >= 0.6 is 15.9 Å². The molecule has 2 rings (SSSR count). The number of anilines is 1. The second-order valence-electron chi connectivity index (χ2n) is 5.24. The van der Waals surface area contributed by atoms with Crippen molar-refractivity contribution in [1.29, 1.82) is 0 Å². The maximum Gasteiger partial charge on any atom is 0.326 e. The number of rotatable bonds is 3. The highest BCUT2D eigenvalue weighted by Crippen LogP contribution is 2.35. The highest BCUT2D eigenvalue weighted by Gasteiger charge is 2.29. The van der Waals surface area contributed by atoms with E-state index in [1.165, 1.54) is 6.07 Å². The fourth-order valence-electron chi connectivity index (χ4n) is 2.73. The van der Waals surface area contributed by atoms with E-state index in [-0.39, 0.29) is 5.69 Å². The molecule has 0 aromatic heterocycles. The lowest BCUT2D eigenvalue weighted by molar-refractivity contribution is -0.385. The van der Waals surface area contributed by atoms with Gasteiger partial charge in [-0.1, -0.05) is 12.8 Å². The number of benzene rings is 1. The topological polar surface area (TPSA) is 83.7 Å². The summed E-state index contributed by atoms with van der Waals surface area (Å²) >= 11 is 3.35. The van der Waals surface area contributed by atoms with Gasteiger partial charge in [-0.25, -0.2) is 4.79 Å². The van der Waals surface area contributed by atoms with Crippen LogP contribution in [0.25, 0.3) is 0 Å². The van der Waals surface area contributed by atoms with Crippen molar-refractivity contribution in [3.05, 3.63) is 32.3 Å². The molecule has 1 aliphatic rings. The van der Waals surface area contributed by atoms with Gasteiger partial charge >= 0.3 is 5.97 Å². The van der Waals surface area contributed by atoms with Crippen LogP contribution in [0.2, 0.25) is 0 Å². The summed E-state index contributed by atoms with van der Waals surface area (Å²) in [4.78, 5) is 23.9. The fourth-order valence-corrected chi connectivity index (χ4v) is 3.29. The second kappa shape index (κ2) is 6.43. The molecule has 1 unspecified atom stereocenters. The van der Waals surface area contributed by atoms with Crippen LogP contribution in [0.5, 0.6) is 0 Å². The molecule has 0 radical (unpaired) electrons. The molecule has 1 aliphatic heterocycles. The van der Waals surface area contributed by atoms with E-state index in [1.54, 1.807) is 13.0 Å². The van der Waals surface area contributed by atoms with Gasteiger partial charge in [-0.3, -0.25) is 10.1 Å². The van der Waals surface area contributed by atoms with Gasteiger partial charge in [0.25, 0.3) is 5.69 Å². The van der Waals surface area contributed by atoms with E-state index in [2.05, 4.69) is 15.9 Å². The summed E-state index contributed by atoms with van der Waals surface area (Å²) < 4.78 is 0.563. The van der Waals surface area contributed by atoms with Crippen molar-refractivity contribution in [1.82, 2.24) is 0 Å². The summed E-state index contributed by atoms with van der Waals surface area (Å²) in [5.41, 5.74) is 1.28. The molecule has 1 fully saturated rings. The fraction of sp³-hybridized carbons (Fsp3) is 0.500. The minimum absolute atomic E-state index is 0.0346. The Kier molecular flexibility index (Phi) is 4.82. The monoisotopic (exact) mass is 356 g/mol. The SMILES string of the molecule is Cc1cc(N2CCCCCC2C(=O)O)c(Br)cc1[N+](=O)[O-]. The Balaban J connectivity index is 2.45. The normalized spacial score (nSPS) is 19.1. The molecule has 1 N–H and O–H groups in total. The van der Waals surface area contributed by atoms with Gasteiger partial charge in [0, 0.05) is 22.6 Å². The predicted molar refractivity (Wildman–Crippen MR) is 82.8 cm³/mol. The van der Waals surface area contributed by atoms with Gasteiger partial charge in [-0.15, -0.1) is 0 Å². The Morgan fingerprint density at radius 3 is 2.76 bits per heavy atom. The van der Waals surface area contributed by atoms with Crippen molar-refractivity contribution in [3.63, 3.8) is 0 Å². The van der Waals surface area contributed by atoms with E-state index in [0.29, 0.717) is 28.7 Å². The van der Waals surface area contributed by atoms with Crippen molar-refractivity contribution in [3.8, 4) is 0 Å². The molecule has 0 bridgehead atoms. The number of aliphatic carboxylic acids is 1. The molecule has 0 saturated carbocycles. The lowest BCUT2D eigenvalue weighted by Crippen LogP contribution is -2.41. The van der Waals surface area contributed by atoms with Crippen molar-refractivity contribution >= 4 is 33.3 Å². The number of nitro groups is 1. The summed E-state index contributed by atoms with van der Waals surface area (Å²) in [6, 6.07) is 2.57. The lowest BCUT2D eigenvalue weighted by atomic mass is 10.1. The summed E-state index contributed by atoms with van der Waals surface area (Å²) in [5.74, 6) is -0.847. The second-order valence-corrected chi connectivity index (χ2v) is 6.10. The van der Waals surface area contributed by atoms with Crippen molar-refractivity contribution in [2.75, 3.05) is 11.4 Å². The van der Waals surface area contributed by atoms with Crippen LogP contribution in [0.1, 0.15) is 31.2 Å². The molecule has 1 heterocycles. The Hall–Kier alpha value is -1.63. The van der Waals surface area contributed by atoms with Crippen LogP contribution in [0, 0.1) is 17.0 Å². The molecule has 1 atom stereocenters. The molecule has 1 aromatic rings. The van der Waals surface area contributed by atoms with Gasteiger partial charge in [0.2, 0.25) is 0 Å². The van der Waals surface area contributed by atoms with Crippen LogP contribution in [0.4, 0.5) is 11.4 Å². The zero-order chi connectivity index (χ0) is 15.6. The Morgan fingerprint density at radius 2 is 2.14 bits per heavy atom. The Morgan fingerprint density at radius 1 is 1.43 bits per heavy atom. The molecular weight excluding hydrogens is 340 g/mol.